The molecule has 2 fully saturated rings. The Labute approximate surface area is 253 Å². The van der Waals surface area contributed by atoms with Crippen molar-refractivity contribution < 1.29 is 57.8 Å². The number of hydrogen-bond donors (Lipinski definition) is 4. The largest absolute Gasteiger partial charge is 0.481 e. The first-order valence-corrected chi connectivity index (χ1v) is 15.1. The molecule has 0 saturated carbocycles. The number of aliphatic hydroxyl groups is 1. The van der Waals surface area contributed by atoms with Crippen molar-refractivity contribution in [3.63, 3.8) is 0 Å². The van der Waals surface area contributed by atoms with E-state index in [1.807, 2.05) is 13.8 Å². The maximum absolute atomic E-state index is 12.9. The fourth-order valence-electron chi connectivity index (χ4n) is 4.86. The van der Waals surface area contributed by atoms with Gasteiger partial charge < -0.3 is 49.7 Å². The molecule has 2 aliphatic heterocycles. The number of nitrogens with two attached hydrogens (primary N) is 1. The maximum Gasteiger partial charge on any atom is 0.312 e. The third kappa shape index (κ3) is 12.9. The smallest absolute Gasteiger partial charge is 0.312 e. The van der Waals surface area contributed by atoms with E-state index in [1.54, 1.807) is 27.7 Å². The van der Waals surface area contributed by atoms with Gasteiger partial charge in [0.05, 0.1) is 36.4 Å². The lowest BCUT2D eigenvalue weighted by atomic mass is 9.96. The minimum atomic E-state index is -0.990. The van der Waals surface area contributed by atoms with E-state index in [0.717, 1.165) is 0 Å². The number of carboxylic acid groups (broad SMARTS) is 1. The summed E-state index contributed by atoms with van der Waals surface area (Å²) in [6, 6.07) is -0.759. The molecule has 5 N–H and O–H groups in total. The summed E-state index contributed by atoms with van der Waals surface area (Å²) in [7, 11) is 0. The van der Waals surface area contributed by atoms with Crippen LogP contribution in [0, 0.1) is 11.8 Å². The zero-order chi connectivity index (χ0) is 32.3. The summed E-state index contributed by atoms with van der Waals surface area (Å²) >= 11 is 0. The van der Waals surface area contributed by atoms with Gasteiger partial charge in [0, 0.05) is 31.7 Å². The Balaban J connectivity index is 1.94. The SMILES string of the molecule is CC1C[C@@H](O)C(C)O[C@H]1O[C@H](C)CCCC(=O)OC1C[C@@H](OC(=O)[C@H](C)CNC(N)=O)C(C)O[C@H]1O[C@H](C)CCC(=O)O. The third-order valence-corrected chi connectivity index (χ3v) is 7.63. The zero-order valence-electron chi connectivity index (χ0n) is 26.1. The van der Waals surface area contributed by atoms with Crippen molar-refractivity contribution in [3.05, 3.63) is 0 Å². The molecule has 2 amide bonds. The van der Waals surface area contributed by atoms with Crippen molar-refractivity contribution in [2.24, 2.45) is 17.6 Å². The molecular weight excluding hydrogens is 568 g/mol. The number of ether oxygens (including phenoxy) is 6. The number of esters is 2. The minimum Gasteiger partial charge on any atom is -0.481 e. The summed E-state index contributed by atoms with van der Waals surface area (Å²) in [5, 5.41) is 21.3. The Morgan fingerprint density at radius 2 is 1.51 bits per heavy atom. The van der Waals surface area contributed by atoms with Gasteiger partial charge in [-0.05, 0) is 53.4 Å². The molecule has 0 radical (unpaired) electrons. The average molecular weight is 619 g/mol. The fourth-order valence-corrected chi connectivity index (χ4v) is 4.86. The molecular formula is C29H50N2O12. The number of urea groups is 1. The summed E-state index contributed by atoms with van der Waals surface area (Å²) in [6.07, 6.45) is -3.28. The van der Waals surface area contributed by atoms with Crippen LogP contribution in [0.25, 0.3) is 0 Å². The van der Waals surface area contributed by atoms with Gasteiger partial charge in [-0.3, -0.25) is 14.4 Å². The molecule has 2 aliphatic rings. The zero-order valence-corrected chi connectivity index (χ0v) is 26.1. The van der Waals surface area contributed by atoms with Gasteiger partial charge in [0.25, 0.3) is 0 Å². The van der Waals surface area contributed by atoms with Crippen LogP contribution in [0.5, 0.6) is 0 Å². The predicted octanol–water partition coefficient (Wildman–Crippen LogP) is 2.23. The molecule has 0 bridgehead atoms. The van der Waals surface area contributed by atoms with Crippen molar-refractivity contribution in [3.8, 4) is 0 Å². The molecule has 11 atom stereocenters. The number of primary amides is 1. The van der Waals surface area contributed by atoms with Crippen LogP contribution < -0.4 is 11.1 Å². The first-order chi connectivity index (χ1) is 20.2. The highest BCUT2D eigenvalue weighted by Gasteiger charge is 2.42. The summed E-state index contributed by atoms with van der Waals surface area (Å²) in [4.78, 5) is 47.4. The molecule has 0 aromatic rings. The lowest BCUT2D eigenvalue weighted by Gasteiger charge is -2.40. The van der Waals surface area contributed by atoms with Gasteiger partial charge >= 0.3 is 23.9 Å². The number of carbonyl (C=O) groups is 4. The normalized spacial score (nSPS) is 31.3. The Kier molecular flexibility index (Phi) is 15.1. The van der Waals surface area contributed by atoms with Crippen molar-refractivity contribution in [1.29, 1.82) is 0 Å². The fraction of sp³-hybridized carbons (Fsp3) is 0.862. The monoisotopic (exact) mass is 618 g/mol. The maximum atomic E-state index is 12.9. The van der Waals surface area contributed by atoms with E-state index < -0.39 is 73.0 Å². The molecule has 0 aromatic carbocycles. The van der Waals surface area contributed by atoms with E-state index in [9.17, 15) is 24.3 Å². The van der Waals surface area contributed by atoms with Crippen LogP contribution in [0.4, 0.5) is 4.79 Å². The Bertz CT molecular complexity index is 920. The van der Waals surface area contributed by atoms with Crippen molar-refractivity contribution in [2.45, 2.75) is 142 Å². The highest BCUT2D eigenvalue weighted by Crippen LogP contribution is 2.29. The lowest BCUT2D eigenvalue weighted by Crippen LogP contribution is -2.51. The first-order valence-electron chi connectivity index (χ1n) is 15.1. The summed E-state index contributed by atoms with van der Waals surface area (Å²) < 4.78 is 35.1. The van der Waals surface area contributed by atoms with Gasteiger partial charge in [-0.25, -0.2) is 4.79 Å². The van der Waals surface area contributed by atoms with Gasteiger partial charge in [-0.1, -0.05) is 13.8 Å². The first kappa shape index (κ1) is 36.7. The molecule has 0 aromatic heterocycles. The number of hydrogen-bond acceptors (Lipinski definition) is 11. The van der Waals surface area contributed by atoms with Crippen LogP contribution in [0.15, 0.2) is 0 Å². The van der Waals surface area contributed by atoms with E-state index in [1.165, 1.54) is 0 Å². The predicted molar refractivity (Wildman–Crippen MR) is 151 cm³/mol. The van der Waals surface area contributed by atoms with Crippen LogP contribution in [0.2, 0.25) is 0 Å². The number of nitrogens with one attached hydrogen (secondary N) is 1. The van der Waals surface area contributed by atoms with Crippen molar-refractivity contribution in [2.75, 3.05) is 6.54 Å². The summed E-state index contributed by atoms with van der Waals surface area (Å²) in [5.41, 5.74) is 5.07. The number of rotatable bonds is 16. The van der Waals surface area contributed by atoms with Crippen LogP contribution >= 0.6 is 0 Å². The second kappa shape index (κ2) is 17.7. The van der Waals surface area contributed by atoms with E-state index in [4.69, 9.17) is 39.3 Å². The molecule has 248 valence electrons. The molecule has 2 heterocycles. The third-order valence-electron chi connectivity index (χ3n) is 7.63. The minimum absolute atomic E-state index is 0.00370. The molecule has 2 rings (SSSR count). The number of aliphatic carboxylic acids is 1. The number of carbonyl (C=O) groups excluding carboxylic acids is 3. The van der Waals surface area contributed by atoms with Crippen LogP contribution in [-0.2, 0) is 42.8 Å². The average Bonchev–Trinajstić information content (AvgIpc) is 2.91. The van der Waals surface area contributed by atoms with E-state index >= 15 is 0 Å². The number of aliphatic hydroxyl groups excluding tert-OH is 1. The second-order valence-electron chi connectivity index (χ2n) is 11.8. The Morgan fingerprint density at radius 3 is 2.16 bits per heavy atom. The second-order valence-corrected chi connectivity index (χ2v) is 11.8. The van der Waals surface area contributed by atoms with Gasteiger partial charge in [0.1, 0.15) is 6.10 Å². The highest BCUT2D eigenvalue weighted by atomic mass is 16.7. The van der Waals surface area contributed by atoms with E-state index in [2.05, 4.69) is 5.32 Å². The number of carboxylic acids is 1. The molecule has 0 aliphatic carbocycles. The van der Waals surface area contributed by atoms with Gasteiger partial charge in [0.2, 0.25) is 0 Å². The van der Waals surface area contributed by atoms with Gasteiger partial charge in [-0.15, -0.1) is 0 Å². The van der Waals surface area contributed by atoms with Crippen molar-refractivity contribution >= 4 is 23.9 Å². The number of amides is 2. The van der Waals surface area contributed by atoms with Crippen LogP contribution in [0.3, 0.4) is 0 Å². The van der Waals surface area contributed by atoms with Gasteiger partial charge in [-0.2, -0.15) is 0 Å². The quantitative estimate of drug-likeness (QED) is 0.184. The molecule has 14 nitrogen and oxygen atoms in total. The Morgan fingerprint density at radius 1 is 0.884 bits per heavy atom. The summed E-state index contributed by atoms with van der Waals surface area (Å²) in [6.45, 7) is 10.6. The van der Waals surface area contributed by atoms with E-state index in [0.29, 0.717) is 19.3 Å². The standard InChI is InChI=1S/C29H50N2O12/c1-15-12-21(32)19(5)40-27(15)38-17(3)8-7-9-25(35)42-23-13-22(43-26(36)16(2)14-31-29(30)37)20(6)41-28(23)39-18(4)10-11-24(33)34/h15-23,27-28,32H,7-14H2,1-6H3,(H,33,34)(H3,30,31,37)/t15?,16-,17-,18-,19?,20?,21-,22-,23?,27-,28-/m1/s1. The van der Waals surface area contributed by atoms with Crippen molar-refractivity contribution in [1.82, 2.24) is 5.32 Å². The van der Waals surface area contributed by atoms with E-state index in [-0.39, 0.29) is 50.4 Å². The lowest BCUT2D eigenvalue weighted by molar-refractivity contribution is -0.280. The van der Waals surface area contributed by atoms with Gasteiger partial charge in [0.15, 0.2) is 18.7 Å². The molecule has 4 unspecified atom stereocenters. The highest BCUT2D eigenvalue weighted by molar-refractivity contribution is 5.75. The van der Waals surface area contributed by atoms with Crippen LogP contribution in [0.1, 0.15) is 86.5 Å². The molecule has 14 heteroatoms. The molecule has 2 saturated heterocycles. The topological polar surface area (TPSA) is 202 Å². The summed E-state index contributed by atoms with van der Waals surface area (Å²) in [5.74, 6) is -2.68. The molecule has 43 heavy (non-hydrogen) atoms. The van der Waals surface area contributed by atoms with Crippen LogP contribution in [-0.4, -0.2) is 96.0 Å². The molecule has 0 spiro atoms. The Hall–Kier alpha value is -2.52.